The van der Waals surface area contributed by atoms with Crippen LogP contribution in [0.5, 0.6) is 17.2 Å². The van der Waals surface area contributed by atoms with E-state index in [2.05, 4.69) is 15.2 Å². The molecule has 30 heavy (non-hydrogen) atoms. The van der Waals surface area contributed by atoms with Gasteiger partial charge in [0.1, 0.15) is 22.2 Å². The maximum Gasteiger partial charge on any atom is 0.342 e. The maximum atomic E-state index is 11.8. The van der Waals surface area contributed by atoms with Gasteiger partial charge in [-0.25, -0.2) is 9.78 Å². The predicted octanol–water partition coefficient (Wildman–Crippen LogP) is 4.37. The molecule has 0 radical (unpaired) electrons. The molecule has 0 fully saturated rings. The number of nitrogens with zero attached hydrogens (tertiary/aromatic N) is 2. The van der Waals surface area contributed by atoms with Crippen molar-refractivity contribution < 1.29 is 24.1 Å². The lowest BCUT2D eigenvalue weighted by Crippen LogP contribution is -1.98. The first-order valence-electron chi connectivity index (χ1n) is 8.56. The van der Waals surface area contributed by atoms with Crippen molar-refractivity contribution in [2.45, 2.75) is 5.16 Å². The largest absolute Gasteiger partial charge is 0.497 e. The van der Waals surface area contributed by atoms with E-state index in [-0.39, 0.29) is 10.1 Å². The van der Waals surface area contributed by atoms with Crippen LogP contribution in [0, 0.1) is 0 Å². The van der Waals surface area contributed by atoms with Gasteiger partial charge in [-0.15, -0.1) is 5.10 Å². The number of methoxy groups -OCH3 is 3. The maximum absolute atomic E-state index is 11.8. The van der Waals surface area contributed by atoms with E-state index in [1.54, 1.807) is 43.5 Å². The number of carboxylic acids is 1. The fourth-order valence-electron chi connectivity index (χ4n) is 2.59. The summed E-state index contributed by atoms with van der Waals surface area (Å²) >= 11 is 6.97. The SMILES string of the molecule is COc1ccc(/C=C(\Sc2n[nH]c(-c3cc(Cl)ccc3OC)n2)C(=O)O)c(OC)c1. The number of aromatic amines is 1. The van der Waals surface area contributed by atoms with Crippen molar-refractivity contribution in [3.63, 3.8) is 0 Å². The molecular formula is C20H18ClN3O5S. The third kappa shape index (κ3) is 4.87. The molecule has 0 aliphatic heterocycles. The number of halogens is 1. The molecule has 2 aromatic carbocycles. The summed E-state index contributed by atoms with van der Waals surface area (Å²) in [6, 6.07) is 10.2. The molecular weight excluding hydrogens is 430 g/mol. The minimum absolute atomic E-state index is 0.0158. The van der Waals surface area contributed by atoms with Gasteiger partial charge in [-0.05, 0) is 48.2 Å². The Balaban J connectivity index is 1.92. The van der Waals surface area contributed by atoms with E-state index in [0.717, 1.165) is 11.8 Å². The minimum Gasteiger partial charge on any atom is -0.497 e. The summed E-state index contributed by atoms with van der Waals surface area (Å²) in [6.45, 7) is 0. The average Bonchev–Trinajstić information content (AvgIpc) is 3.21. The zero-order chi connectivity index (χ0) is 21.7. The first-order valence-corrected chi connectivity index (χ1v) is 9.75. The van der Waals surface area contributed by atoms with Crippen molar-refractivity contribution in [1.29, 1.82) is 0 Å². The fraction of sp³-hybridized carbons (Fsp3) is 0.150. The number of nitrogens with one attached hydrogen (secondary N) is 1. The summed E-state index contributed by atoms with van der Waals surface area (Å²) in [5.41, 5.74) is 1.19. The Morgan fingerprint density at radius 3 is 2.53 bits per heavy atom. The molecule has 0 aliphatic rings. The smallest absolute Gasteiger partial charge is 0.342 e. The molecule has 2 N–H and O–H groups in total. The number of aromatic nitrogens is 3. The van der Waals surface area contributed by atoms with Gasteiger partial charge < -0.3 is 19.3 Å². The lowest BCUT2D eigenvalue weighted by atomic mass is 10.1. The second-order valence-corrected chi connectivity index (χ2v) is 7.28. The van der Waals surface area contributed by atoms with Gasteiger partial charge in [0.2, 0.25) is 5.16 Å². The Morgan fingerprint density at radius 2 is 1.87 bits per heavy atom. The van der Waals surface area contributed by atoms with Crippen LogP contribution in [0.25, 0.3) is 17.5 Å². The van der Waals surface area contributed by atoms with Crippen LogP contribution in [0.4, 0.5) is 0 Å². The molecule has 1 heterocycles. The lowest BCUT2D eigenvalue weighted by molar-refractivity contribution is -0.131. The monoisotopic (exact) mass is 447 g/mol. The van der Waals surface area contributed by atoms with Crippen molar-refractivity contribution in [1.82, 2.24) is 15.2 Å². The van der Waals surface area contributed by atoms with Gasteiger partial charge in [-0.1, -0.05) is 11.6 Å². The highest BCUT2D eigenvalue weighted by Gasteiger charge is 2.17. The van der Waals surface area contributed by atoms with Gasteiger partial charge in [-0.2, -0.15) is 0 Å². The fourth-order valence-corrected chi connectivity index (χ4v) is 3.46. The number of carboxylic acid groups (broad SMARTS) is 1. The lowest BCUT2D eigenvalue weighted by Gasteiger charge is -2.08. The molecule has 8 nitrogen and oxygen atoms in total. The second-order valence-electron chi connectivity index (χ2n) is 5.83. The standard InChI is InChI=1S/C20H18ClN3O5S/c1-27-13-6-4-11(16(10-13)29-3)8-17(19(25)26)30-20-22-18(23-24-20)14-9-12(21)5-7-15(14)28-2/h4-10H,1-3H3,(H,25,26)(H,22,23,24)/b17-8-. The Labute approximate surface area is 181 Å². The van der Waals surface area contributed by atoms with Crippen molar-refractivity contribution >= 4 is 35.4 Å². The van der Waals surface area contributed by atoms with Crippen molar-refractivity contribution in [3.8, 4) is 28.6 Å². The van der Waals surface area contributed by atoms with E-state index in [4.69, 9.17) is 25.8 Å². The highest BCUT2D eigenvalue weighted by atomic mass is 35.5. The predicted molar refractivity (Wildman–Crippen MR) is 114 cm³/mol. The molecule has 0 saturated heterocycles. The first kappa shape index (κ1) is 21.5. The normalized spacial score (nSPS) is 11.3. The summed E-state index contributed by atoms with van der Waals surface area (Å²) in [6.07, 6.45) is 1.49. The van der Waals surface area contributed by atoms with Crippen LogP contribution in [0.15, 0.2) is 46.5 Å². The molecule has 0 unspecified atom stereocenters. The van der Waals surface area contributed by atoms with Crippen molar-refractivity contribution in [2.24, 2.45) is 0 Å². The van der Waals surface area contributed by atoms with E-state index in [1.807, 2.05) is 0 Å². The number of ether oxygens (including phenoxy) is 3. The molecule has 0 amide bonds. The van der Waals surface area contributed by atoms with Crippen molar-refractivity contribution in [2.75, 3.05) is 21.3 Å². The zero-order valence-corrected chi connectivity index (χ0v) is 17.9. The van der Waals surface area contributed by atoms with Gasteiger partial charge >= 0.3 is 5.97 Å². The molecule has 10 heteroatoms. The highest BCUT2D eigenvalue weighted by Crippen LogP contribution is 2.34. The van der Waals surface area contributed by atoms with Crippen LogP contribution in [0.2, 0.25) is 5.02 Å². The summed E-state index contributed by atoms with van der Waals surface area (Å²) < 4.78 is 15.8. The van der Waals surface area contributed by atoms with Crippen LogP contribution in [-0.4, -0.2) is 47.6 Å². The van der Waals surface area contributed by atoms with Crippen LogP contribution < -0.4 is 14.2 Å². The number of H-pyrrole nitrogens is 1. The van der Waals surface area contributed by atoms with Crippen LogP contribution >= 0.6 is 23.4 Å². The minimum atomic E-state index is -1.12. The van der Waals surface area contributed by atoms with Crippen LogP contribution in [0.1, 0.15) is 5.56 Å². The highest BCUT2D eigenvalue weighted by molar-refractivity contribution is 8.04. The number of rotatable bonds is 8. The quantitative estimate of drug-likeness (QED) is 0.387. The first-order chi connectivity index (χ1) is 14.4. The third-order valence-corrected chi connectivity index (χ3v) is 5.13. The molecule has 0 spiro atoms. The molecule has 3 rings (SSSR count). The molecule has 0 aliphatic carbocycles. The van der Waals surface area contributed by atoms with E-state index in [1.165, 1.54) is 20.3 Å². The van der Waals surface area contributed by atoms with E-state index in [0.29, 0.717) is 39.2 Å². The van der Waals surface area contributed by atoms with Crippen LogP contribution in [-0.2, 0) is 4.79 Å². The van der Waals surface area contributed by atoms with Gasteiger partial charge in [0.25, 0.3) is 0 Å². The number of benzene rings is 2. The van der Waals surface area contributed by atoms with Crippen LogP contribution in [0.3, 0.4) is 0 Å². The number of hydrogen-bond acceptors (Lipinski definition) is 7. The summed E-state index contributed by atoms with van der Waals surface area (Å²) in [7, 11) is 4.57. The second kappa shape index (κ2) is 9.55. The number of carbonyl (C=O) groups is 1. The molecule has 1 aromatic heterocycles. The van der Waals surface area contributed by atoms with E-state index in [9.17, 15) is 9.90 Å². The number of hydrogen-bond donors (Lipinski definition) is 2. The summed E-state index contributed by atoms with van der Waals surface area (Å²) in [5.74, 6) is 0.924. The zero-order valence-electron chi connectivity index (χ0n) is 16.3. The van der Waals surface area contributed by atoms with E-state index >= 15 is 0 Å². The van der Waals surface area contributed by atoms with Gasteiger partial charge in [0, 0.05) is 16.7 Å². The number of aliphatic carboxylic acids is 1. The Kier molecular flexibility index (Phi) is 6.86. The van der Waals surface area contributed by atoms with Gasteiger partial charge in [0.05, 0.1) is 26.9 Å². The molecule has 3 aromatic rings. The summed E-state index contributed by atoms with van der Waals surface area (Å²) in [4.78, 5) is 16.2. The van der Waals surface area contributed by atoms with Gasteiger partial charge in [-0.3, -0.25) is 5.10 Å². The molecule has 0 atom stereocenters. The van der Waals surface area contributed by atoms with E-state index < -0.39 is 5.97 Å². The molecule has 0 bridgehead atoms. The third-order valence-electron chi connectivity index (χ3n) is 4.02. The molecule has 156 valence electrons. The average molecular weight is 448 g/mol. The Morgan fingerprint density at radius 1 is 1.10 bits per heavy atom. The molecule has 0 saturated carbocycles. The Hall–Kier alpha value is -3.17. The summed E-state index contributed by atoms with van der Waals surface area (Å²) in [5, 5.41) is 17.3. The topological polar surface area (TPSA) is 107 Å². The number of thioether (sulfide) groups is 1. The van der Waals surface area contributed by atoms with Crippen molar-refractivity contribution in [3.05, 3.63) is 51.9 Å². The van der Waals surface area contributed by atoms with Gasteiger partial charge in [0.15, 0.2) is 5.82 Å². The Bertz CT molecular complexity index is 1100.